The number of sulfonamides is 1. The third-order valence-corrected chi connectivity index (χ3v) is 15.9. The van der Waals surface area contributed by atoms with Crippen LogP contribution in [0.3, 0.4) is 0 Å². The van der Waals surface area contributed by atoms with E-state index < -0.39 is 31.4 Å². The fourth-order valence-electron chi connectivity index (χ4n) is 10.4. The molecule has 14 nitrogen and oxygen atoms in total. The molecule has 358 valence electrons. The summed E-state index contributed by atoms with van der Waals surface area (Å²) in [6.45, 7) is 8.81. The number of fused-ring (bicyclic) bond motifs is 2. The molecule has 2 fully saturated rings. The van der Waals surface area contributed by atoms with Gasteiger partial charge in [-0.2, -0.15) is 0 Å². The highest BCUT2D eigenvalue weighted by atomic mass is 35.5. The molecule has 9 rings (SSSR count). The number of anilines is 1. The summed E-state index contributed by atoms with van der Waals surface area (Å²) >= 11 is 6.25. The average molecular weight is 964 g/mol. The first-order valence-corrected chi connectivity index (χ1v) is 25.8. The highest BCUT2D eigenvalue weighted by Gasteiger charge is 2.34. The molecule has 2 aliphatic heterocycles. The number of benzene rings is 3. The Bertz CT molecular complexity index is 2850. The Morgan fingerprint density at radius 2 is 1.79 bits per heavy atom. The monoisotopic (exact) mass is 962 g/mol. The minimum absolute atomic E-state index is 0.0551. The van der Waals surface area contributed by atoms with E-state index in [0.29, 0.717) is 61.5 Å². The number of aromatic nitrogens is 2. The molecule has 1 amide bonds. The van der Waals surface area contributed by atoms with E-state index in [2.05, 4.69) is 50.5 Å². The van der Waals surface area contributed by atoms with Gasteiger partial charge in [0.1, 0.15) is 28.7 Å². The number of Topliss-reactive ketones (excluding diaryl/α,β-unsaturated/α-hetero) is 1. The summed E-state index contributed by atoms with van der Waals surface area (Å²) in [6.07, 6.45) is 13.8. The molecule has 0 bridgehead atoms. The van der Waals surface area contributed by atoms with Crippen molar-refractivity contribution in [3.8, 4) is 17.2 Å². The van der Waals surface area contributed by atoms with Gasteiger partial charge >= 0.3 is 0 Å². The number of nitrogens with zero attached hydrogens (tertiary/aromatic N) is 4. The van der Waals surface area contributed by atoms with Crippen molar-refractivity contribution in [2.45, 2.75) is 95.8 Å². The van der Waals surface area contributed by atoms with Crippen molar-refractivity contribution in [3.63, 3.8) is 0 Å². The molecule has 5 aromatic rings. The van der Waals surface area contributed by atoms with Gasteiger partial charge in [-0.25, -0.2) is 18.1 Å². The lowest BCUT2D eigenvalue weighted by Gasteiger charge is -2.39. The Hall–Kier alpha value is -5.77. The number of piperazine rings is 1. The van der Waals surface area contributed by atoms with E-state index in [1.54, 1.807) is 30.5 Å². The fourth-order valence-corrected chi connectivity index (χ4v) is 11.5. The van der Waals surface area contributed by atoms with Crippen LogP contribution in [0.4, 0.5) is 11.4 Å². The van der Waals surface area contributed by atoms with E-state index in [-0.39, 0.29) is 40.9 Å². The van der Waals surface area contributed by atoms with Crippen LogP contribution in [0.15, 0.2) is 89.6 Å². The molecular formula is C52H59ClN6O8S. The van der Waals surface area contributed by atoms with Crippen molar-refractivity contribution >= 4 is 61.3 Å². The van der Waals surface area contributed by atoms with Gasteiger partial charge < -0.3 is 19.4 Å². The van der Waals surface area contributed by atoms with Crippen LogP contribution in [-0.4, -0.2) is 79.2 Å². The fraction of sp³-hybridized carbons (Fsp3) is 0.442. The second-order valence-corrected chi connectivity index (χ2v) is 21.9. The number of ketones is 1. The van der Waals surface area contributed by atoms with Gasteiger partial charge in [0, 0.05) is 85.6 Å². The number of nitrogens with one attached hydrogen (secondary N) is 2. The summed E-state index contributed by atoms with van der Waals surface area (Å²) in [5, 5.41) is 13.9. The number of nitro groups is 1. The molecule has 0 unspecified atom stereocenters. The molecule has 4 aliphatic rings. The number of pyridine rings is 1. The maximum Gasteiger partial charge on any atom is 0.277 e. The number of amides is 1. The van der Waals surface area contributed by atoms with Crippen LogP contribution >= 0.6 is 11.6 Å². The standard InChI is InChI=1S/C52H59ClN6O8S/c1-52(2)19-17-38(45(30-52)35-11-13-39(53)14-12-35)32-57-21-23-58(24-22-57)40-15-16-43(49(27-40)67-41-26-37-18-20-54-50(37)55-31-41)51(61)56-68(64,65)42-28-46(59(62)63)44-25-34(33-66-48(44)29-42)7-6-10-47(60)36-8-4-3-5-9-36/h11-16,18,20,26-29,31,34,36H,3-10,17,19,21-25,30,32-33H2,1-2H3,(H,54,55)(H,56,61)/t34-/m1/s1. The molecule has 16 heteroatoms. The molecule has 1 saturated heterocycles. The molecule has 4 heterocycles. The number of hydrogen-bond donors (Lipinski definition) is 2. The first kappa shape index (κ1) is 47.3. The van der Waals surface area contributed by atoms with Gasteiger partial charge in [-0.05, 0) is 110 Å². The average Bonchev–Trinajstić information content (AvgIpc) is 3.80. The van der Waals surface area contributed by atoms with Crippen LogP contribution in [0.1, 0.15) is 106 Å². The summed E-state index contributed by atoms with van der Waals surface area (Å²) in [6, 6.07) is 19.1. The van der Waals surface area contributed by atoms with Gasteiger partial charge in [0.25, 0.3) is 21.6 Å². The highest BCUT2D eigenvalue weighted by molar-refractivity contribution is 7.90. The highest BCUT2D eigenvalue weighted by Crippen LogP contribution is 2.44. The number of carbonyl (C=O) groups excluding carboxylic acids is 2. The summed E-state index contributed by atoms with van der Waals surface area (Å²) in [4.78, 5) is 50.4. The Morgan fingerprint density at radius 1 is 1.01 bits per heavy atom. The zero-order valence-electron chi connectivity index (χ0n) is 38.7. The molecule has 1 atom stereocenters. The molecule has 3 aromatic carbocycles. The van der Waals surface area contributed by atoms with Crippen molar-refractivity contribution in [1.82, 2.24) is 19.6 Å². The maximum absolute atomic E-state index is 14.1. The molecule has 2 aromatic heterocycles. The molecule has 0 spiro atoms. The normalized spacial score (nSPS) is 19.0. The van der Waals surface area contributed by atoms with Crippen LogP contribution in [0.2, 0.25) is 5.02 Å². The number of hydrogen-bond acceptors (Lipinski definition) is 11. The number of nitro benzene ring substituents is 1. The van der Waals surface area contributed by atoms with Gasteiger partial charge in [0.05, 0.1) is 33.7 Å². The van der Waals surface area contributed by atoms with Crippen molar-refractivity contribution in [2.75, 3.05) is 44.2 Å². The molecule has 2 N–H and O–H groups in total. The number of H-pyrrole nitrogens is 1. The first-order valence-electron chi connectivity index (χ1n) is 23.9. The third-order valence-electron chi connectivity index (χ3n) is 14.3. The van der Waals surface area contributed by atoms with Crippen molar-refractivity contribution in [3.05, 3.63) is 117 Å². The summed E-state index contributed by atoms with van der Waals surface area (Å²) in [5.41, 5.74) is 5.60. The van der Waals surface area contributed by atoms with Crippen molar-refractivity contribution in [2.24, 2.45) is 17.3 Å². The van der Waals surface area contributed by atoms with Gasteiger partial charge in [-0.1, -0.05) is 62.4 Å². The molecule has 2 aliphatic carbocycles. The number of allylic oxidation sites excluding steroid dienone is 1. The third kappa shape index (κ3) is 10.9. The molecule has 0 radical (unpaired) electrons. The zero-order chi connectivity index (χ0) is 47.6. The van der Waals surface area contributed by atoms with E-state index in [9.17, 15) is 28.1 Å². The van der Waals surface area contributed by atoms with Gasteiger partial charge in [-0.15, -0.1) is 0 Å². The lowest BCUT2D eigenvalue weighted by Crippen LogP contribution is -2.47. The predicted molar refractivity (Wildman–Crippen MR) is 263 cm³/mol. The molecule has 68 heavy (non-hydrogen) atoms. The van der Waals surface area contributed by atoms with Crippen LogP contribution in [0.25, 0.3) is 16.6 Å². The number of rotatable bonds is 15. The van der Waals surface area contributed by atoms with Crippen LogP contribution in [-0.2, 0) is 21.2 Å². The summed E-state index contributed by atoms with van der Waals surface area (Å²) in [5.74, 6) is -0.0734. The van der Waals surface area contributed by atoms with Crippen molar-refractivity contribution < 1.29 is 32.4 Å². The molecular weight excluding hydrogens is 904 g/mol. The zero-order valence-corrected chi connectivity index (χ0v) is 40.3. The summed E-state index contributed by atoms with van der Waals surface area (Å²) in [7, 11) is -4.65. The lowest BCUT2D eigenvalue weighted by atomic mass is 9.72. The number of carbonyl (C=O) groups is 2. The van der Waals surface area contributed by atoms with Crippen LogP contribution in [0.5, 0.6) is 17.2 Å². The SMILES string of the molecule is CC1(C)CCC(CN2CCN(c3ccc(C(=O)NS(=O)(=O)c4cc5c(c([N+](=O)[O-])c4)C[C@@H](CCCC(=O)C4CCCCC4)CO5)c(Oc4cnc5[nH]ccc5c4)c3)CC2)=C(c2ccc(Cl)cc2)C1. The van der Waals surface area contributed by atoms with Gasteiger partial charge in [0.15, 0.2) is 0 Å². The largest absolute Gasteiger partial charge is 0.493 e. The summed E-state index contributed by atoms with van der Waals surface area (Å²) < 4.78 is 42.4. The van der Waals surface area contributed by atoms with Crippen LogP contribution < -0.4 is 19.1 Å². The van der Waals surface area contributed by atoms with E-state index in [1.165, 1.54) is 35.4 Å². The van der Waals surface area contributed by atoms with E-state index >= 15 is 0 Å². The first-order chi connectivity index (χ1) is 32.7. The smallest absolute Gasteiger partial charge is 0.277 e. The minimum atomic E-state index is -4.65. The Kier molecular flexibility index (Phi) is 14.0. The second kappa shape index (κ2) is 20.1. The lowest BCUT2D eigenvalue weighted by molar-refractivity contribution is -0.386. The van der Waals surface area contributed by atoms with Gasteiger partial charge in [-0.3, -0.25) is 24.6 Å². The maximum atomic E-state index is 14.1. The van der Waals surface area contributed by atoms with E-state index in [4.69, 9.17) is 21.1 Å². The number of ether oxygens (including phenoxy) is 2. The predicted octanol–water partition coefficient (Wildman–Crippen LogP) is 10.7. The Labute approximate surface area is 402 Å². The quantitative estimate of drug-likeness (QED) is 0.0754. The number of halogens is 1. The van der Waals surface area contributed by atoms with E-state index in [0.717, 1.165) is 86.7 Å². The number of aromatic amines is 1. The van der Waals surface area contributed by atoms with Crippen molar-refractivity contribution in [1.29, 1.82) is 0 Å². The Morgan fingerprint density at radius 3 is 2.56 bits per heavy atom. The topological polar surface area (TPSA) is 177 Å². The van der Waals surface area contributed by atoms with Gasteiger partial charge in [0.2, 0.25) is 0 Å². The molecule has 1 saturated carbocycles. The second-order valence-electron chi connectivity index (χ2n) is 19.7. The minimum Gasteiger partial charge on any atom is -0.493 e. The van der Waals surface area contributed by atoms with E-state index in [1.807, 2.05) is 18.2 Å². The Balaban J connectivity index is 0.907. The van der Waals surface area contributed by atoms with Crippen LogP contribution in [0, 0.1) is 27.4 Å².